The molecule has 1 aliphatic rings. The molecule has 1 atom stereocenters. The van der Waals surface area contributed by atoms with Crippen molar-refractivity contribution in [2.45, 2.75) is 194 Å². The average Bonchev–Trinajstić information content (AvgIpc) is 3.26. The Balaban J connectivity index is 2.02. The summed E-state index contributed by atoms with van der Waals surface area (Å²) in [5.41, 5.74) is 0. The molecule has 1 rings (SSSR count). The molecule has 0 saturated heterocycles. The zero-order chi connectivity index (χ0) is 25.9. The molecule has 0 aromatic carbocycles. The molecule has 2 heteroatoms. The third-order valence-electron chi connectivity index (χ3n) is 8.28. The van der Waals surface area contributed by atoms with Crippen LogP contribution in [0.5, 0.6) is 0 Å². The molecule has 0 radical (unpaired) electrons. The molecule has 0 saturated carbocycles. The molecule has 1 aliphatic heterocycles. The van der Waals surface area contributed by atoms with Gasteiger partial charge in [0.05, 0.1) is 0 Å². The van der Waals surface area contributed by atoms with Crippen molar-refractivity contribution in [2.24, 2.45) is 0 Å². The van der Waals surface area contributed by atoms with Gasteiger partial charge in [0.25, 0.3) is 0 Å². The fourth-order valence-corrected chi connectivity index (χ4v) is 5.90. The third kappa shape index (κ3) is 18.6. The molecule has 0 amide bonds. The summed E-state index contributed by atoms with van der Waals surface area (Å²) in [4.78, 5) is 5.29. The monoisotopic (exact) mass is 505 g/mol. The van der Waals surface area contributed by atoms with Gasteiger partial charge in [0.1, 0.15) is 6.17 Å². The first kappa shape index (κ1) is 33.4. The lowest BCUT2D eigenvalue weighted by Gasteiger charge is -2.33. The average molecular weight is 505 g/mol. The Morgan fingerprint density at radius 3 is 1.08 bits per heavy atom. The van der Waals surface area contributed by atoms with Crippen LogP contribution in [0.25, 0.3) is 0 Å². The molecule has 0 aromatic heterocycles. The molecule has 1 unspecified atom stereocenters. The highest BCUT2D eigenvalue weighted by molar-refractivity contribution is 4.96. The highest BCUT2D eigenvalue weighted by Crippen LogP contribution is 2.23. The Morgan fingerprint density at radius 2 is 0.694 bits per heavy atom. The van der Waals surface area contributed by atoms with Crippen LogP contribution in [-0.2, 0) is 0 Å². The SMILES string of the molecule is CCCCCCCCCCCCCCCCN1C=CN(CCC)C1CCCCCCCCCCCC. The first-order chi connectivity index (χ1) is 17.8. The predicted molar refractivity (Wildman–Crippen MR) is 163 cm³/mol. The normalized spacial score (nSPS) is 15.5. The predicted octanol–water partition coefficient (Wildman–Crippen LogP) is 11.6. The summed E-state index contributed by atoms with van der Waals surface area (Å²) >= 11 is 0. The van der Waals surface area contributed by atoms with E-state index in [4.69, 9.17) is 0 Å². The van der Waals surface area contributed by atoms with Gasteiger partial charge in [-0.3, -0.25) is 0 Å². The van der Waals surface area contributed by atoms with E-state index in [1.165, 1.54) is 180 Å². The Labute approximate surface area is 229 Å². The van der Waals surface area contributed by atoms with Gasteiger partial charge in [-0.05, 0) is 25.7 Å². The summed E-state index contributed by atoms with van der Waals surface area (Å²) in [6.45, 7) is 9.41. The molecule has 0 N–H and O–H groups in total. The van der Waals surface area contributed by atoms with E-state index in [-0.39, 0.29) is 0 Å². The van der Waals surface area contributed by atoms with Gasteiger partial charge in [-0.25, -0.2) is 0 Å². The Bertz CT molecular complexity index is 460. The molecule has 0 aromatic rings. The first-order valence-corrected chi connectivity index (χ1v) is 17.0. The van der Waals surface area contributed by atoms with Crippen LogP contribution in [0.2, 0.25) is 0 Å². The summed E-state index contributed by atoms with van der Waals surface area (Å²) in [6, 6.07) is 0. The molecule has 0 spiro atoms. The van der Waals surface area contributed by atoms with Gasteiger partial charge in [0.2, 0.25) is 0 Å². The number of unbranched alkanes of at least 4 members (excludes halogenated alkanes) is 22. The Kier molecular flexibility index (Phi) is 24.1. The minimum Gasteiger partial charge on any atom is -0.356 e. The van der Waals surface area contributed by atoms with Gasteiger partial charge in [0.15, 0.2) is 0 Å². The summed E-state index contributed by atoms with van der Waals surface area (Å²) in [6.07, 6.45) is 42.6. The maximum Gasteiger partial charge on any atom is 0.101 e. The maximum atomic E-state index is 2.67. The van der Waals surface area contributed by atoms with E-state index in [1.807, 2.05) is 0 Å². The number of rotatable bonds is 28. The fraction of sp³-hybridized carbons (Fsp3) is 0.941. The smallest absolute Gasteiger partial charge is 0.101 e. The van der Waals surface area contributed by atoms with Crippen molar-refractivity contribution < 1.29 is 0 Å². The Hall–Kier alpha value is -0.660. The van der Waals surface area contributed by atoms with Crippen LogP contribution in [0.3, 0.4) is 0 Å². The van der Waals surface area contributed by atoms with E-state index < -0.39 is 0 Å². The molecular weight excluding hydrogens is 436 g/mol. The highest BCUT2D eigenvalue weighted by atomic mass is 15.4. The minimum absolute atomic E-state index is 0.640. The molecule has 1 heterocycles. The Morgan fingerprint density at radius 1 is 0.361 bits per heavy atom. The molecule has 0 fully saturated rings. The fourth-order valence-electron chi connectivity index (χ4n) is 5.90. The van der Waals surface area contributed by atoms with Gasteiger partial charge in [-0.2, -0.15) is 0 Å². The number of hydrogen-bond donors (Lipinski definition) is 0. The van der Waals surface area contributed by atoms with Crippen LogP contribution in [0.4, 0.5) is 0 Å². The summed E-state index contributed by atoms with van der Waals surface area (Å²) in [5, 5.41) is 0. The first-order valence-electron chi connectivity index (χ1n) is 17.0. The van der Waals surface area contributed by atoms with Crippen LogP contribution in [0, 0.1) is 0 Å². The molecule has 0 bridgehead atoms. The minimum atomic E-state index is 0.640. The van der Waals surface area contributed by atoms with Crippen molar-refractivity contribution in [3.05, 3.63) is 12.4 Å². The quantitative estimate of drug-likeness (QED) is 0.0977. The molecule has 36 heavy (non-hydrogen) atoms. The van der Waals surface area contributed by atoms with E-state index in [1.54, 1.807) is 0 Å². The zero-order valence-electron chi connectivity index (χ0n) is 25.4. The molecule has 214 valence electrons. The van der Waals surface area contributed by atoms with Crippen LogP contribution in [-0.4, -0.2) is 29.1 Å². The summed E-state index contributed by atoms with van der Waals surface area (Å²) < 4.78 is 0. The van der Waals surface area contributed by atoms with Crippen molar-refractivity contribution in [3.63, 3.8) is 0 Å². The van der Waals surface area contributed by atoms with Gasteiger partial charge >= 0.3 is 0 Å². The zero-order valence-corrected chi connectivity index (χ0v) is 25.4. The lowest BCUT2D eigenvalue weighted by atomic mass is 10.0. The van der Waals surface area contributed by atoms with E-state index in [2.05, 4.69) is 43.0 Å². The second-order valence-electron chi connectivity index (χ2n) is 11.8. The lowest BCUT2D eigenvalue weighted by molar-refractivity contribution is 0.137. The second kappa shape index (κ2) is 26.0. The van der Waals surface area contributed by atoms with Crippen LogP contribution < -0.4 is 0 Å². The van der Waals surface area contributed by atoms with Crippen LogP contribution in [0.1, 0.15) is 188 Å². The van der Waals surface area contributed by atoms with Crippen LogP contribution in [0.15, 0.2) is 12.4 Å². The van der Waals surface area contributed by atoms with Gasteiger partial charge < -0.3 is 9.80 Å². The number of hydrogen-bond acceptors (Lipinski definition) is 2. The van der Waals surface area contributed by atoms with E-state index in [0.29, 0.717) is 6.17 Å². The van der Waals surface area contributed by atoms with Gasteiger partial charge in [-0.1, -0.05) is 162 Å². The van der Waals surface area contributed by atoms with Crippen molar-refractivity contribution in [1.82, 2.24) is 9.80 Å². The van der Waals surface area contributed by atoms with Crippen LogP contribution >= 0.6 is 0 Å². The van der Waals surface area contributed by atoms with Gasteiger partial charge in [-0.15, -0.1) is 0 Å². The van der Waals surface area contributed by atoms with E-state index >= 15 is 0 Å². The topological polar surface area (TPSA) is 6.48 Å². The van der Waals surface area contributed by atoms with Gasteiger partial charge in [0, 0.05) is 25.5 Å². The lowest BCUT2D eigenvalue weighted by Crippen LogP contribution is -2.39. The second-order valence-corrected chi connectivity index (χ2v) is 11.8. The van der Waals surface area contributed by atoms with E-state index in [0.717, 1.165) is 0 Å². The molecule has 0 aliphatic carbocycles. The largest absolute Gasteiger partial charge is 0.356 e. The third-order valence-corrected chi connectivity index (χ3v) is 8.28. The standard InChI is InChI=1S/C34H68N2/c1-4-7-9-11-13-15-17-18-19-20-22-24-26-28-31-36-33-32-35(30-6-3)34(36)29-27-25-23-21-16-14-12-10-8-5-2/h32-34H,4-31H2,1-3H3. The summed E-state index contributed by atoms with van der Waals surface area (Å²) in [7, 11) is 0. The highest BCUT2D eigenvalue weighted by Gasteiger charge is 2.24. The van der Waals surface area contributed by atoms with E-state index in [9.17, 15) is 0 Å². The van der Waals surface area contributed by atoms with Crippen molar-refractivity contribution in [3.8, 4) is 0 Å². The van der Waals surface area contributed by atoms with Crippen molar-refractivity contribution in [1.29, 1.82) is 0 Å². The molecule has 2 nitrogen and oxygen atoms in total. The number of nitrogens with zero attached hydrogens (tertiary/aromatic N) is 2. The summed E-state index contributed by atoms with van der Waals surface area (Å²) in [5.74, 6) is 0. The molecular formula is C34H68N2. The van der Waals surface area contributed by atoms with Crippen molar-refractivity contribution >= 4 is 0 Å². The maximum absolute atomic E-state index is 2.67. The van der Waals surface area contributed by atoms with Crippen molar-refractivity contribution in [2.75, 3.05) is 13.1 Å².